The van der Waals surface area contributed by atoms with E-state index in [0.717, 1.165) is 18.4 Å². The summed E-state index contributed by atoms with van der Waals surface area (Å²) in [5.74, 6) is 4.39. The van der Waals surface area contributed by atoms with Crippen molar-refractivity contribution in [3.05, 3.63) is 0 Å². The summed E-state index contributed by atoms with van der Waals surface area (Å²) in [5, 5.41) is 0. The molecule has 60 valence electrons. The standard InChI is InChI=1S/C8H17NS/c1-2-7-3-4-10-6-8(7)5-9/h7-8H,2-6,9H2,1H3. The van der Waals surface area contributed by atoms with Crippen molar-refractivity contribution in [1.82, 2.24) is 0 Å². The summed E-state index contributed by atoms with van der Waals surface area (Å²) < 4.78 is 0. The maximum absolute atomic E-state index is 5.66. The van der Waals surface area contributed by atoms with Gasteiger partial charge in [-0.25, -0.2) is 0 Å². The Bertz CT molecular complexity index is 83.3. The molecule has 0 spiro atoms. The second kappa shape index (κ2) is 4.24. The van der Waals surface area contributed by atoms with E-state index in [2.05, 4.69) is 18.7 Å². The summed E-state index contributed by atoms with van der Waals surface area (Å²) in [4.78, 5) is 0. The summed E-state index contributed by atoms with van der Waals surface area (Å²) in [6.07, 6.45) is 2.71. The minimum Gasteiger partial charge on any atom is -0.330 e. The quantitative estimate of drug-likeness (QED) is 0.664. The van der Waals surface area contributed by atoms with Crippen LogP contribution < -0.4 is 5.73 Å². The zero-order valence-corrected chi connectivity index (χ0v) is 7.49. The van der Waals surface area contributed by atoms with Crippen molar-refractivity contribution in [2.24, 2.45) is 17.6 Å². The van der Waals surface area contributed by atoms with E-state index in [-0.39, 0.29) is 0 Å². The van der Waals surface area contributed by atoms with Crippen molar-refractivity contribution in [1.29, 1.82) is 0 Å². The lowest BCUT2D eigenvalue weighted by Crippen LogP contribution is -2.28. The monoisotopic (exact) mass is 159 g/mol. The van der Waals surface area contributed by atoms with Crippen LogP contribution in [0.2, 0.25) is 0 Å². The van der Waals surface area contributed by atoms with E-state index in [4.69, 9.17) is 5.73 Å². The summed E-state index contributed by atoms with van der Waals surface area (Å²) in [5.41, 5.74) is 5.66. The first-order valence-electron chi connectivity index (χ1n) is 4.16. The average Bonchev–Trinajstić information content (AvgIpc) is 2.04. The molecule has 2 heteroatoms. The molecule has 1 nitrogen and oxygen atoms in total. The molecule has 1 rings (SSSR count). The predicted molar refractivity (Wildman–Crippen MR) is 48.3 cm³/mol. The van der Waals surface area contributed by atoms with Crippen LogP contribution in [0.4, 0.5) is 0 Å². The second-order valence-electron chi connectivity index (χ2n) is 3.03. The van der Waals surface area contributed by atoms with Crippen LogP contribution in [0.25, 0.3) is 0 Å². The maximum Gasteiger partial charge on any atom is -0.00244 e. The van der Waals surface area contributed by atoms with E-state index in [0.29, 0.717) is 0 Å². The van der Waals surface area contributed by atoms with Crippen molar-refractivity contribution in [3.63, 3.8) is 0 Å². The number of hydrogen-bond donors (Lipinski definition) is 1. The van der Waals surface area contributed by atoms with E-state index in [1.807, 2.05) is 0 Å². The Morgan fingerprint density at radius 3 is 2.80 bits per heavy atom. The van der Waals surface area contributed by atoms with Crippen LogP contribution in [-0.4, -0.2) is 18.1 Å². The molecule has 0 saturated carbocycles. The van der Waals surface area contributed by atoms with Gasteiger partial charge in [0.05, 0.1) is 0 Å². The highest BCUT2D eigenvalue weighted by molar-refractivity contribution is 7.99. The lowest BCUT2D eigenvalue weighted by molar-refractivity contribution is 0.343. The fraction of sp³-hybridized carbons (Fsp3) is 1.00. The van der Waals surface area contributed by atoms with Crippen molar-refractivity contribution >= 4 is 11.8 Å². The molecule has 1 fully saturated rings. The largest absolute Gasteiger partial charge is 0.330 e. The molecule has 10 heavy (non-hydrogen) atoms. The highest BCUT2D eigenvalue weighted by Gasteiger charge is 2.21. The van der Waals surface area contributed by atoms with Crippen LogP contribution >= 0.6 is 11.8 Å². The topological polar surface area (TPSA) is 26.0 Å². The molecular formula is C8H17NS. The second-order valence-corrected chi connectivity index (χ2v) is 4.18. The lowest BCUT2D eigenvalue weighted by Gasteiger charge is -2.29. The van der Waals surface area contributed by atoms with E-state index >= 15 is 0 Å². The third-order valence-electron chi connectivity index (χ3n) is 2.46. The number of rotatable bonds is 2. The Morgan fingerprint density at radius 2 is 2.30 bits per heavy atom. The summed E-state index contributed by atoms with van der Waals surface area (Å²) in [6, 6.07) is 0. The van der Waals surface area contributed by atoms with Gasteiger partial charge < -0.3 is 5.73 Å². The molecule has 1 heterocycles. The van der Waals surface area contributed by atoms with Crippen molar-refractivity contribution in [2.75, 3.05) is 18.1 Å². The van der Waals surface area contributed by atoms with E-state index in [1.54, 1.807) is 0 Å². The van der Waals surface area contributed by atoms with Gasteiger partial charge in [-0.2, -0.15) is 11.8 Å². The summed E-state index contributed by atoms with van der Waals surface area (Å²) >= 11 is 2.07. The Labute approximate surface area is 67.8 Å². The fourth-order valence-corrected chi connectivity index (χ4v) is 2.99. The molecule has 1 aliphatic rings. The lowest BCUT2D eigenvalue weighted by atomic mass is 9.89. The Hall–Kier alpha value is 0.310. The van der Waals surface area contributed by atoms with Crippen LogP contribution in [-0.2, 0) is 0 Å². The number of nitrogens with two attached hydrogens (primary N) is 1. The highest BCUT2D eigenvalue weighted by atomic mass is 32.2. The van der Waals surface area contributed by atoms with Crippen molar-refractivity contribution < 1.29 is 0 Å². The number of thioether (sulfide) groups is 1. The van der Waals surface area contributed by atoms with Crippen LogP contribution in [0.5, 0.6) is 0 Å². The van der Waals surface area contributed by atoms with Gasteiger partial charge in [0.25, 0.3) is 0 Å². The first-order valence-corrected chi connectivity index (χ1v) is 5.31. The van der Waals surface area contributed by atoms with Crippen LogP contribution in [0, 0.1) is 11.8 Å². The molecule has 0 radical (unpaired) electrons. The van der Waals surface area contributed by atoms with Crippen LogP contribution in [0.15, 0.2) is 0 Å². The van der Waals surface area contributed by atoms with Crippen LogP contribution in [0.1, 0.15) is 19.8 Å². The maximum atomic E-state index is 5.66. The van der Waals surface area contributed by atoms with Gasteiger partial charge in [0.2, 0.25) is 0 Å². The van der Waals surface area contributed by atoms with Crippen molar-refractivity contribution in [3.8, 4) is 0 Å². The van der Waals surface area contributed by atoms with Gasteiger partial charge >= 0.3 is 0 Å². The Balaban J connectivity index is 2.34. The molecule has 0 aromatic rings. The Morgan fingerprint density at radius 1 is 1.50 bits per heavy atom. The third-order valence-corrected chi connectivity index (χ3v) is 3.65. The fourth-order valence-electron chi connectivity index (χ4n) is 1.64. The molecule has 0 aliphatic carbocycles. The number of hydrogen-bond acceptors (Lipinski definition) is 2. The molecule has 2 atom stereocenters. The predicted octanol–water partition coefficient (Wildman–Crippen LogP) is 1.72. The minimum atomic E-state index is 0.809. The van der Waals surface area contributed by atoms with Gasteiger partial charge in [0.15, 0.2) is 0 Å². The third kappa shape index (κ3) is 1.89. The SMILES string of the molecule is CCC1CCSCC1CN. The average molecular weight is 159 g/mol. The molecule has 0 bridgehead atoms. The van der Waals surface area contributed by atoms with Gasteiger partial charge in [-0.05, 0) is 36.3 Å². The normalized spacial score (nSPS) is 34.2. The zero-order valence-electron chi connectivity index (χ0n) is 6.68. The van der Waals surface area contributed by atoms with E-state index < -0.39 is 0 Å². The summed E-state index contributed by atoms with van der Waals surface area (Å²) in [6.45, 7) is 3.18. The molecule has 0 aromatic heterocycles. The highest BCUT2D eigenvalue weighted by Crippen LogP contribution is 2.29. The van der Waals surface area contributed by atoms with Gasteiger partial charge in [0, 0.05) is 0 Å². The van der Waals surface area contributed by atoms with Gasteiger partial charge in [-0.3, -0.25) is 0 Å². The van der Waals surface area contributed by atoms with Crippen molar-refractivity contribution in [2.45, 2.75) is 19.8 Å². The molecule has 1 saturated heterocycles. The molecular weight excluding hydrogens is 142 g/mol. The van der Waals surface area contributed by atoms with E-state index in [9.17, 15) is 0 Å². The first-order chi connectivity index (χ1) is 4.88. The minimum absolute atomic E-state index is 0.809. The first kappa shape index (κ1) is 8.41. The molecule has 2 N–H and O–H groups in total. The summed E-state index contributed by atoms with van der Waals surface area (Å²) in [7, 11) is 0. The van der Waals surface area contributed by atoms with Gasteiger partial charge in [-0.1, -0.05) is 13.3 Å². The molecule has 1 aliphatic heterocycles. The molecule has 0 amide bonds. The van der Waals surface area contributed by atoms with Gasteiger partial charge in [-0.15, -0.1) is 0 Å². The smallest absolute Gasteiger partial charge is 0.00244 e. The van der Waals surface area contributed by atoms with Gasteiger partial charge in [0.1, 0.15) is 0 Å². The van der Waals surface area contributed by atoms with Crippen LogP contribution in [0.3, 0.4) is 0 Å². The zero-order chi connectivity index (χ0) is 7.40. The Kier molecular flexibility index (Phi) is 3.57. The van der Waals surface area contributed by atoms with E-state index in [1.165, 1.54) is 24.3 Å². The molecule has 2 unspecified atom stereocenters. The molecule has 0 aromatic carbocycles.